The maximum absolute atomic E-state index is 13.5. The minimum Gasteiger partial charge on any atom is -0.330 e. The minimum atomic E-state index is -0.642. The number of nitrogens with two attached hydrogens (primary N) is 1. The second-order valence-corrected chi connectivity index (χ2v) is 5.67. The minimum absolute atomic E-state index is 0.124. The molecule has 6 heteroatoms. The zero-order valence-corrected chi connectivity index (χ0v) is 12.1. The van der Waals surface area contributed by atoms with Gasteiger partial charge in [-0.3, -0.25) is 9.69 Å². The van der Waals surface area contributed by atoms with Gasteiger partial charge < -0.3 is 11.1 Å². The lowest BCUT2D eigenvalue weighted by Crippen LogP contribution is -2.45. The summed E-state index contributed by atoms with van der Waals surface area (Å²) in [5.41, 5.74) is 5.60. The average molecular weight is 297 g/mol. The van der Waals surface area contributed by atoms with E-state index >= 15 is 0 Å². The zero-order chi connectivity index (χ0) is 15.4. The Bertz CT molecular complexity index is 510. The smallest absolute Gasteiger partial charge is 0.238 e. The van der Waals surface area contributed by atoms with Gasteiger partial charge in [0.1, 0.15) is 11.6 Å². The molecule has 116 valence electrons. The fraction of sp³-hybridized carbons (Fsp3) is 0.533. The van der Waals surface area contributed by atoms with Crippen LogP contribution in [0.2, 0.25) is 0 Å². The van der Waals surface area contributed by atoms with Crippen molar-refractivity contribution < 1.29 is 13.6 Å². The normalized spacial score (nSPS) is 23.0. The number of benzene rings is 1. The van der Waals surface area contributed by atoms with Crippen molar-refractivity contribution in [1.82, 2.24) is 4.90 Å². The van der Waals surface area contributed by atoms with Crippen LogP contribution in [0.25, 0.3) is 0 Å². The number of carbonyl (C=O) groups is 1. The second-order valence-electron chi connectivity index (χ2n) is 5.67. The zero-order valence-electron chi connectivity index (χ0n) is 12.1. The number of nitrogens with one attached hydrogen (secondary N) is 1. The Labute approximate surface area is 123 Å². The number of likely N-dealkylation sites (tertiary alicyclic amines) is 1. The van der Waals surface area contributed by atoms with Crippen LogP contribution < -0.4 is 11.1 Å². The van der Waals surface area contributed by atoms with Gasteiger partial charge in [0.25, 0.3) is 0 Å². The van der Waals surface area contributed by atoms with Crippen molar-refractivity contribution in [3.05, 3.63) is 29.8 Å². The molecule has 1 aromatic carbocycles. The summed E-state index contributed by atoms with van der Waals surface area (Å²) in [6.07, 6.45) is 0.990. The first-order valence-electron chi connectivity index (χ1n) is 7.17. The lowest BCUT2D eigenvalue weighted by Gasteiger charge is -2.36. The van der Waals surface area contributed by atoms with Gasteiger partial charge in [-0.1, -0.05) is 6.92 Å². The molecule has 0 bridgehead atoms. The Balaban J connectivity index is 1.91. The predicted molar refractivity (Wildman–Crippen MR) is 77.8 cm³/mol. The van der Waals surface area contributed by atoms with Crippen molar-refractivity contribution in [2.24, 2.45) is 17.6 Å². The first-order valence-corrected chi connectivity index (χ1v) is 7.17. The standard InChI is InChI=1S/C15H21F2N3O/c1-10-4-5-20(8-11(10)7-18)9-15(21)19-14-6-12(16)2-3-13(14)17/h2-3,6,10-11H,4-5,7-9,18H2,1H3,(H,19,21). The van der Waals surface area contributed by atoms with E-state index in [-0.39, 0.29) is 18.1 Å². The molecule has 1 aromatic rings. The predicted octanol–water partition coefficient (Wildman–Crippen LogP) is 1.82. The van der Waals surface area contributed by atoms with Gasteiger partial charge in [0, 0.05) is 12.6 Å². The fourth-order valence-electron chi connectivity index (χ4n) is 2.66. The number of rotatable bonds is 4. The molecule has 2 unspecified atom stereocenters. The third kappa shape index (κ3) is 4.22. The van der Waals surface area contributed by atoms with E-state index in [0.29, 0.717) is 18.4 Å². The van der Waals surface area contributed by atoms with Crippen molar-refractivity contribution in [1.29, 1.82) is 0 Å². The van der Waals surface area contributed by atoms with Gasteiger partial charge in [-0.2, -0.15) is 0 Å². The summed E-state index contributed by atoms with van der Waals surface area (Å²) >= 11 is 0. The quantitative estimate of drug-likeness (QED) is 0.891. The highest BCUT2D eigenvalue weighted by Crippen LogP contribution is 2.22. The van der Waals surface area contributed by atoms with E-state index in [0.717, 1.165) is 37.7 Å². The number of piperidine rings is 1. The average Bonchev–Trinajstić information content (AvgIpc) is 2.45. The summed E-state index contributed by atoms with van der Waals surface area (Å²) < 4.78 is 26.5. The first kappa shape index (κ1) is 15.9. The van der Waals surface area contributed by atoms with E-state index < -0.39 is 11.6 Å². The summed E-state index contributed by atoms with van der Waals surface area (Å²) in [5, 5.41) is 2.42. The Hall–Kier alpha value is -1.53. The van der Waals surface area contributed by atoms with Gasteiger partial charge in [0.15, 0.2) is 0 Å². The number of hydrogen-bond donors (Lipinski definition) is 2. The van der Waals surface area contributed by atoms with Crippen LogP contribution in [0.15, 0.2) is 18.2 Å². The molecule has 0 saturated carbocycles. The molecular formula is C15H21F2N3O. The molecule has 2 rings (SSSR count). The molecule has 1 aliphatic heterocycles. The summed E-state index contributed by atoms with van der Waals surface area (Å²) in [5.74, 6) is -0.643. The highest BCUT2D eigenvalue weighted by atomic mass is 19.1. The molecule has 0 radical (unpaired) electrons. The molecule has 1 saturated heterocycles. The number of anilines is 1. The van der Waals surface area contributed by atoms with Gasteiger partial charge in [-0.25, -0.2) is 8.78 Å². The molecular weight excluding hydrogens is 276 g/mol. The van der Waals surface area contributed by atoms with Gasteiger partial charge in [0.05, 0.1) is 12.2 Å². The Morgan fingerprint density at radius 1 is 1.48 bits per heavy atom. The number of amides is 1. The molecule has 2 atom stereocenters. The number of carbonyl (C=O) groups excluding carboxylic acids is 1. The molecule has 21 heavy (non-hydrogen) atoms. The van der Waals surface area contributed by atoms with Crippen LogP contribution in [0.5, 0.6) is 0 Å². The summed E-state index contributed by atoms with van der Waals surface area (Å²) in [7, 11) is 0. The molecule has 4 nitrogen and oxygen atoms in total. The van der Waals surface area contributed by atoms with Crippen LogP contribution in [0.1, 0.15) is 13.3 Å². The summed E-state index contributed by atoms with van der Waals surface area (Å²) in [6.45, 7) is 4.50. The molecule has 1 amide bonds. The molecule has 1 aliphatic rings. The number of halogens is 2. The molecule has 0 spiro atoms. The lowest BCUT2D eigenvalue weighted by molar-refractivity contribution is -0.117. The van der Waals surface area contributed by atoms with E-state index in [1.807, 2.05) is 4.90 Å². The maximum Gasteiger partial charge on any atom is 0.238 e. The van der Waals surface area contributed by atoms with E-state index in [4.69, 9.17) is 5.73 Å². The van der Waals surface area contributed by atoms with Crippen molar-refractivity contribution in [2.75, 3.05) is 31.5 Å². The molecule has 1 heterocycles. The van der Waals surface area contributed by atoms with Gasteiger partial charge in [0.2, 0.25) is 5.91 Å². The first-order chi connectivity index (χ1) is 9.99. The maximum atomic E-state index is 13.5. The summed E-state index contributed by atoms with van der Waals surface area (Å²) in [6, 6.07) is 3.00. The monoisotopic (exact) mass is 297 g/mol. The van der Waals surface area contributed by atoms with Crippen molar-refractivity contribution in [3.8, 4) is 0 Å². The van der Waals surface area contributed by atoms with Gasteiger partial charge in [-0.15, -0.1) is 0 Å². The van der Waals surface area contributed by atoms with E-state index in [9.17, 15) is 13.6 Å². The van der Waals surface area contributed by atoms with Crippen LogP contribution in [0.3, 0.4) is 0 Å². The second kappa shape index (κ2) is 6.95. The number of nitrogens with zero attached hydrogens (tertiary/aromatic N) is 1. The van der Waals surface area contributed by atoms with Crippen LogP contribution in [0, 0.1) is 23.5 Å². The fourth-order valence-corrected chi connectivity index (χ4v) is 2.66. The third-order valence-corrected chi connectivity index (χ3v) is 4.07. The van der Waals surface area contributed by atoms with Crippen molar-refractivity contribution >= 4 is 11.6 Å². The lowest BCUT2D eigenvalue weighted by atomic mass is 9.87. The topological polar surface area (TPSA) is 58.4 Å². The Morgan fingerprint density at radius 2 is 2.24 bits per heavy atom. The van der Waals surface area contributed by atoms with E-state index in [2.05, 4.69) is 12.2 Å². The largest absolute Gasteiger partial charge is 0.330 e. The van der Waals surface area contributed by atoms with Crippen molar-refractivity contribution in [2.45, 2.75) is 13.3 Å². The van der Waals surface area contributed by atoms with Crippen LogP contribution in [0.4, 0.5) is 14.5 Å². The Morgan fingerprint density at radius 3 is 2.95 bits per heavy atom. The van der Waals surface area contributed by atoms with Gasteiger partial charge >= 0.3 is 0 Å². The third-order valence-electron chi connectivity index (χ3n) is 4.07. The molecule has 0 aliphatic carbocycles. The highest BCUT2D eigenvalue weighted by molar-refractivity contribution is 5.92. The van der Waals surface area contributed by atoms with E-state index in [1.54, 1.807) is 0 Å². The number of hydrogen-bond acceptors (Lipinski definition) is 3. The van der Waals surface area contributed by atoms with Crippen LogP contribution in [-0.4, -0.2) is 37.0 Å². The molecule has 0 aromatic heterocycles. The Kier molecular flexibility index (Phi) is 5.25. The van der Waals surface area contributed by atoms with Crippen LogP contribution in [-0.2, 0) is 4.79 Å². The molecule has 1 fully saturated rings. The van der Waals surface area contributed by atoms with Gasteiger partial charge in [-0.05, 0) is 43.5 Å². The van der Waals surface area contributed by atoms with E-state index in [1.165, 1.54) is 0 Å². The highest BCUT2D eigenvalue weighted by Gasteiger charge is 2.26. The van der Waals surface area contributed by atoms with Crippen molar-refractivity contribution in [3.63, 3.8) is 0 Å². The SMILES string of the molecule is CC1CCN(CC(=O)Nc2cc(F)ccc2F)CC1CN. The molecule has 3 N–H and O–H groups in total. The summed E-state index contributed by atoms with van der Waals surface area (Å²) in [4.78, 5) is 14.0. The van der Waals surface area contributed by atoms with Crippen LogP contribution >= 0.6 is 0 Å².